The van der Waals surface area contributed by atoms with Crippen LogP contribution >= 0.6 is 0 Å². The van der Waals surface area contributed by atoms with E-state index in [1.54, 1.807) is 35.3 Å². The molecule has 0 unspecified atom stereocenters. The first-order valence-electron chi connectivity index (χ1n) is 10.0. The number of nitrogens with one attached hydrogen (secondary N) is 1. The molecule has 0 atom stereocenters. The molecular formula is C26H19N3O2. The molecule has 0 radical (unpaired) electrons. The normalized spacial score (nSPS) is 11.0. The molecule has 0 bridgehead atoms. The van der Waals surface area contributed by atoms with E-state index in [9.17, 15) is 9.59 Å². The third-order valence-electron chi connectivity index (χ3n) is 5.38. The Bertz CT molecular complexity index is 1470. The Morgan fingerprint density at radius 3 is 2.52 bits per heavy atom. The number of hydrogen-bond donors (Lipinski definition) is 1. The molecule has 5 aromatic rings. The van der Waals surface area contributed by atoms with Crippen molar-refractivity contribution >= 4 is 33.1 Å². The second-order valence-corrected chi connectivity index (χ2v) is 7.36. The minimum atomic E-state index is -0.205. The number of carbonyl (C=O) groups is 1. The summed E-state index contributed by atoms with van der Waals surface area (Å²) in [5, 5.41) is 6.16. The number of rotatable bonds is 4. The summed E-state index contributed by atoms with van der Waals surface area (Å²) in [6.07, 6.45) is 5.21. The van der Waals surface area contributed by atoms with Crippen molar-refractivity contribution in [3.05, 3.63) is 119 Å². The van der Waals surface area contributed by atoms with Gasteiger partial charge in [0.05, 0.1) is 6.54 Å². The van der Waals surface area contributed by atoms with Crippen molar-refractivity contribution < 1.29 is 4.79 Å². The van der Waals surface area contributed by atoms with Crippen LogP contribution in [0.5, 0.6) is 0 Å². The molecule has 0 aliphatic carbocycles. The average molecular weight is 405 g/mol. The molecule has 5 heteroatoms. The summed E-state index contributed by atoms with van der Waals surface area (Å²) in [5.74, 6) is -0.205. The first kappa shape index (κ1) is 18.8. The minimum Gasteiger partial charge on any atom is -0.321 e. The Labute approximate surface area is 178 Å². The van der Waals surface area contributed by atoms with E-state index in [0.29, 0.717) is 28.6 Å². The zero-order chi connectivity index (χ0) is 21.2. The minimum absolute atomic E-state index is 0.109. The van der Waals surface area contributed by atoms with Crippen molar-refractivity contribution in [1.29, 1.82) is 0 Å². The predicted octanol–water partition coefficient (Wildman–Crippen LogP) is 4.85. The zero-order valence-corrected chi connectivity index (χ0v) is 16.7. The molecule has 31 heavy (non-hydrogen) atoms. The molecule has 2 aromatic heterocycles. The molecule has 0 spiro atoms. The summed E-state index contributed by atoms with van der Waals surface area (Å²) in [5.41, 5.74) is 2.05. The Balaban J connectivity index is 1.51. The SMILES string of the molecule is O=C(Nc1cccc2c(=O)n(Cc3cccnc3)ccc12)c1cccc2ccccc12. The van der Waals surface area contributed by atoms with Gasteiger partial charge in [-0.1, -0.05) is 48.5 Å². The molecule has 0 fully saturated rings. The van der Waals surface area contributed by atoms with Crippen LogP contribution in [0.25, 0.3) is 21.5 Å². The van der Waals surface area contributed by atoms with Crippen LogP contribution in [0.2, 0.25) is 0 Å². The molecule has 1 N–H and O–H groups in total. The zero-order valence-electron chi connectivity index (χ0n) is 16.7. The van der Waals surface area contributed by atoms with Crippen molar-refractivity contribution in [1.82, 2.24) is 9.55 Å². The molecule has 1 amide bonds. The molecule has 2 heterocycles. The average Bonchev–Trinajstić information content (AvgIpc) is 2.81. The Morgan fingerprint density at radius 1 is 0.839 bits per heavy atom. The summed E-state index contributed by atoms with van der Waals surface area (Å²) in [6.45, 7) is 0.440. The van der Waals surface area contributed by atoms with E-state index in [-0.39, 0.29) is 11.5 Å². The van der Waals surface area contributed by atoms with E-state index >= 15 is 0 Å². The summed E-state index contributed by atoms with van der Waals surface area (Å²) >= 11 is 0. The van der Waals surface area contributed by atoms with Crippen LogP contribution in [0.4, 0.5) is 5.69 Å². The second kappa shape index (κ2) is 7.88. The van der Waals surface area contributed by atoms with Gasteiger partial charge >= 0.3 is 0 Å². The number of fused-ring (bicyclic) bond motifs is 2. The molecule has 0 aliphatic heterocycles. The first-order valence-corrected chi connectivity index (χ1v) is 10.0. The lowest BCUT2D eigenvalue weighted by Gasteiger charge is -2.12. The highest BCUT2D eigenvalue weighted by Gasteiger charge is 2.13. The first-order chi connectivity index (χ1) is 15.2. The number of amides is 1. The number of hydrogen-bond acceptors (Lipinski definition) is 3. The highest BCUT2D eigenvalue weighted by Crippen LogP contribution is 2.24. The molecule has 150 valence electrons. The van der Waals surface area contributed by atoms with E-state index in [1.807, 2.05) is 66.7 Å². The number of nitrogens with zero attached hydrogens (tertiary/aromatic N) is 2. The third kappa shape index (κ3) is 3.57. The summed E-state index contributed by atoms with van der Waals surface area (Å²) in [7, 11) is 0. The van der Waals surface area contributed by atoms with Crippen LogP contribution in [0, 0.1) is 0 Å². The fourth-order valence-corrected chi connectivity index (χ4v) is 3.85. The van der Waals surface area contributed by atoms with Gasteiger partial charge in [-0.3, -0.25) is 14.6 Å². The molecule has 0 aliphatic rings. The van der Waals surface area contributed by atoms with Crippen LogP contribution in [0.1, 0.15) is 15.9 Å². The van der Waals surface area contributed by atoms with E-state index in [4.69, 9.17) is 0 Å². The van der Waals surface area contributed by atoms with Gasteiger partial charge in [-0.15, -0.1) is 0 Å². The van der Waals surface area contributed by atoms with Gasteiger partial charge < -0.3 is 9.88 Å². The summed E-state index contributed by atoms with van der Waals surface area (Å²) in [6, 6.07) is 24.5. The quantitative estimate of drug-likeness (QED) is 0.465. The molecule has 5 rings (SSSR count). The van der Waals surface area contributed by atoms with Gasteiger partial charge in [0.25, 0.3) is 11.5 Å². The van der Waals surface area contributed by atoms with Gasteiger partial charge in [-0.05, 0) is 46.7 Å². The topological polar surface area (TPSA) is 64.0 Å². The number of pyridine rings is 2. The van der Waals surface area contributed by atoms with E-state index in [2.05, 4.69) is 10.3 Å². The van der Waals surface area contributed by atoms with Crippen molar-refractivity contribution in [3.8, 4) is 0 Å². The summed E-state index contributed by atoms with van der Waals surface area (Å²) in [4.78, 5) is 30.2. The van der Waals surface area contributed by atoms with E-state index < -0.39 is 0 Å². The van der Waals surface area contributed by atoms with Gasteiger partial charge in [0.1, 0.15) is 0 Å². The smallest absolute Gasteiger partial charge is 0.258 e. The molecule has 0 saturated heterocycles. The third-order valence-corrected chi connectivity index (χ3v) is 5.38. The van der Waals surface area contributed by atoms with Crippen molar-refractivity contribution in [2.75, 3.05) is 5.32 Å². The van der Waals surface area contributed by atoms with Crippen molar-refractivity contribution in [2.45, 2.75) is 6.54 Å². The second-order valence-electron chi connectivity index (χ2n) is 7.36. The molecule has 5 nitrogen and oxygen atoms in total. The van der Waals surface area contributed by atoms with Crippen LogP contribution < -0.4 is 10.9 Å². The van der Waals surface area contributed by atoms with Gasteiger partial charge in [0.15, 0.2) is 0 Å². The maximum Gasteiger partial charge on any atom is 0.258 e. The largest absolute Gasteiger partial charge is 0.321 e. The number of aromatic nitrogens is 2. The lowest BCUT2D eigenvalue weighted by molar-refractivity contribution is 0.102. The lowest BCUT2D eigenvalue weighted by atomic mass is 10.0. The molecule has 3 aromatic carbocycles. The highest BCUT2D eigenvalue weighted by molar-refractivity contribution is 6.15. The maximum absolute atomic E-state index is 13.1. The Kier molecular flexibility index (Phi) is 4.77. The van der Waals surface area contributed by atoms with Gasteiger partial charge in [0, 0.05) is 40.6 Å². The van der Waals surface area contributed by atoms with Gasteiger partial charge in [0.2, 0.25) is 0 Å². The fraction of sp³-hybridized carbons (Fsp3) is 0.0385. The Hall–Kier alpha value is -4.25. The Morgan fingerprint density at radius 2 is 1.65 bits per heavy atom. The van der Waals surface area contributed by atoms with Gasteiger partial charge in [-0.25, -0.2) is 0 Å². The highest BCUT2D eigenvalue weighted by atomic mass is 16.1. The fourth-order valence-electron chi connectivity index (χ4n) is 3.85. The van der Waals surface area contributed by atoms with Crippen molar-refractivity contribution in [3.63, 3.8) is 0 Å². The molecular weight excluding hydrogens is 386 g/mol. The monoisotopic (exact) mass is 405 g/mol. The van der Waals surface area contributed by atoms with Crippen LogP contribution in [-0.4, -0.2) is 15.5 Å². The number of anilines is 1. The van der Waals surface area contributed by atoms with Crippen molar-refractivity contribution in [2.24, 2.45) is 0 Å². The maximum atomic E-state index is 13.1. The van der Waals surface area contributed by atoms with Crippen LogP contribution in [-0.2, 0) is 6.54 Å². The van der Waals surface area contributed by atoms with E-state index in [1.165, 1.54) is 0 Å². The summed E-state index contributed by atoms with van der Waals surface area (Å²) < 4.78 is 1.65. The standard InChI is InChI=1S/C26H19N3O2/c30-25(22-10-3-8-19-7-1-2-9-20(19)22)28-24-12-4-11-23-21(24)13-15-29(26(23)31)17-18-6-5-14-27-16-18/h1-16H,17H2,(H,28,30). The van der Waals surface area contributed by atoms with Crippen LogP contribution in [0.15, 0.2) is 102 Å². The predicted molar refractivity (Wildman–Crippen MR) is 123 cm³/mol. The molecule has 0 saturated carbocycles. The van der Waals surface area contributed by atoms with Crippen LogP contribution in [0.3, 0.4) is 0 Å². The lowest BCUT2D eigenvalue weighted by Crippen LogP contribution is -2.21. The number of carbonyl (C=O) groups excluding carboxylic acids is 1. The van der Waals surface area contributed by atoms with E-state index in [0.717, 1.165) is 16.3 Å². The number of benzene rings is 3. The van der Waals surface area contributed by atoms with Gasteiger partial charge in [-0.2, -0.15) is 0 Å².